The van der Waals surface area contributed by atoms with Gasteiger partial charge in [0, 0.05) is 0 Å². The van der Waals surface area contributed by atoms with Crippen LogP contribution in [0.4, 0.5) is 0 Å². The van der Waals surface area contributed by atoms with Gasteiger partial charge in [-0.15, -0.1) is 0 Å². The maximum atomic E-state index is 10.1. The molecule has 0 radical (unpaired) electrons. The molecular formula is C22H33NO2. The number of fused-ring (bicyclic) bond motifs is 5. The molecule has 0 saturated heterocycles. The molecule has 6 atom stereocenters. The van der Waals surface area contributed by atoms with E-state index >= 15 is 0 Å². The van der Waals surface area contributed by atoms with Crippen LogP contribution in [-0.4, -0.2) is 24.0 Å². The van der Waals surface area contributed by atoms with Crippen molar-refractivity contribution in [3.8, 4) is 0 Å². The summed E-state index contributed by atoms with van der Waals surface area (Å²) < 4.78 is 0. The number of nitrogens with zero attached hydrogens (tertiary/aromatic N) is 1. The highest BCUT2D eigenvalue weighted by atomic mass is 16.6. The molecular weight excluding hydrogens is 310 g/mol. The van der Waals surface area contributed by atoms with Crippen molar-refractivity contribution >= 4 is 5.71 Å². The summed E-state index contributed by atoms with van der Waals surface area (Å²) in [6, 6.07) is 0. The van der Waals surface area contributed by atoms with Gasteiger partial charge in [-0.25, -0.2) is 0 Å². The second-order valence-corrected chi connectivity index (χ2v) is 9.32. The molecule has 4 aliphatic carbocycles. The van der Waals surface area contributed by atoms with E-state index < -0.39 is 0 Å². The number of oxime groups is 1. The zero-order valence-electron chi connectivity index (χ0n) is 16.2. The van der Waals surface area contributed by atoms with Crippen LogP contribution in [0.5, 0.6) is 0 Å². The zero-order valence-corrected chi connectivity index (χ0v) is 16.2. The lowest BCUT2D eigenvalue weighted by atomic mass is 9.47. The second kappa shape index (κ2) is 5.97. The molecule has 25 heavy (non-hydrogen) atoms. The summed E-state index contributed by atoms with van der Waals surface area (Å²) in [4.78, 5) is 5.06. The van der Waals surface area contributed by atoms with Gasteiger partial charge in [-0.2, -0.15) is 0 Å². The van der Waals surface area contributed by atoms with Crippen molar-refractivity contribution in [2.45, 2.75) is 71.8 Å². The van der Waals surface area contributed by atoms with E-state index in [0.717, 1.165) is 42.7 Å². The van der Waals surface area contributed by atoms with E-state index in [-0.39, 0.29) is 11.5 Å². The number of aliphatic hydroxyl groups is 1. The number of allylic oxidation sites excluding steroid dienone is 3. The van der Waals surface area contributed by atoms with Crippen LogP contribution in [0.15, 0.2) is 28.5 Å². The molecule has 0 aromatic rings. The lowest BCUT2D eigenvalue weighted by Gasteiger charge is -2.57. The van der Waals surface area contributed by atoms with Crippen LogP contribution in [0.2, 0.25) is 0 Å². The Kier molecular flexibility index (Phi) is 4.14. The van der Waals surface area contributed by atoms with Crippen molar-refractivity contribution in [1.82, 2.24) is 0 Å². The summed E-state index contributed by atoms with van der Waals surface area (Å²) in [7, 11) is 1.64. The van der Waals surface area contributed by atoms with E-state index in [4.69, 9.17) is 4.84 Å². The predicted octanol–water partition coefficient (Wildman–Crippen LogP) is 4.87. The minimum atomic E-state index is -0.114. The maximum absolute atomic E-state index is 10.1. The van der Waals surface area contributed by atoms with E-state index in [1.165, 1.54) is 31.3 Å². The van der Waals surface area contributed by atoms with Crippen molar-refractivity contribution in [3.63, 3.8) is 0 Å². The molecule has 3 nitrogen and oxygen atoms in total. The first-order valence-corrected chi connectivity index (χ1v) is 10.1. The van der Waals surface area contributed by atoms with Crippen molar-refractivity contribution in [3.05, 3.63) is 23.3 Å². The Morgan fingerprint density at radius 3 is 2.64 bits per heavy atom. The molecule has 0 aliphatic heterocycles. The lowest BCUT2D eigenvalue weighted by molar-refractivity contribution is -0.0280. The van der Waals surface area contributed by atoms with Crippen molar-refractivity contribution < 1.29 is 9.94 Å². The van der Waals surface area contributed by atoms with Gasteiger partial charge >= 0.3 is 0 Å². The third kappa shape index (κ3) is 2.45. The molecule has 4 rings (SSSR count). The Morgan fingerprint density at radius 2 is 1.88 bits per heavy atom. The van der Waals surface area contributed by atoms with Gasteiger partial charge in [-0.1, -0.05) is 36.7 Å². The van der Waals surface area contributed by atoms with Crippen LogP contribution < -0.4 is 0 Å². The van der Waals surface area contributed by atoms with Crippen molar-refractivity contribution in [2.24, 2.45) is 33.7 Å². The van der Waals surface area contributed by atoms with Crippen LogP contribution in [0.1, 0.15) is 65.7 Å². The monoisotopic (exact) mass is 343 g/mol. The Balaban J connectivity index is 1.64. The minimum Gasteiger partial charge on any atom is -0.399 e. The van der Waals surface area contributed by atoms with E-state index in [0.29, 0.717) is 5.41 Å². The van der Waals surface area contributed by atoms with E-state index in [9.17, 15) is 5.11 Å². The predicted molar refractivity (Wildman–Crippen MR) is 101 cm³/mol. The molecule has 4 aliphatic rings. The number of hydrogen-bond acceptors (Lipinski definition) is 3. The highest BCUT2D eigenvalue weighted by Crippen LogP contribution is 2.65. The molecule has 138 valence electrons. The van der Waals surface area contributed by atoms with Crippen LogP contribution in [-0.2, 0) is 4.84 Å². The minimum absolute atomic E-state index is 0.114. The average molecular weight is 344 g/mol. The number of hydrogen-bond donors (Lipinski definition) is 1. The quantitative estimate of drug-likeness (QED) is 0.441. The van der Waals surface area contributed by atoms with E-state index in [1.807, 2.05) is 0 Å². The highest BCUT2D eigenvalue weighted by molar-refractivity contribution is 5.99. The van der Waals surface area contributed by atoms with Gasteiger partial charge in [0.1, 0.15) is 7.11 Å². The van der Waals surface area contributed by atoms with Crippen molar-refractivity contribution in [1.29, 1.82) is 0 Å². The fourth-order valence-electron chi connectivity index (χ4n) is 6.96. The smallest absolute Gasteiger partial charge is 0.106 e. The SMILES string of the molecule is CO/N=C(/C)C1=CCC2C3CC=C4CC(O)CCC4(C)C3CCC12C. The van der Waals surface area contributed by atoms with Crippen LogP contribution in [0, 0.1) is 28.6 Å². The zero-order chi connectivity index (χ0) is 17.8. The third-order valence-electron chi connectivity index (χ3n) is 8.28. The molecule has 3 heteroatoms. The van der Waals surface area contributed by atoms with Crippen LogP contribution >= 0.6 is 0 Å². The Morgan fingerprint density at radius 1 is 1.12 bits per heavy atom. The average Bonchev–Trinajstić information content (AvgIpc) is 2.93. The van der Waals surface area contributed by atoms with Gasteiger partial charge in [0.25, 0.3) is 0 Å². The lowest BCUT2D eigenvalue weighted by Crippen LogP contribution is -2.50. The van der Waals surface area contributed by atoms with E-state index in [1.54, 1.807) is 12.7 Å². The molecule has 6 unspecified atom stereocenters. The second-order valence-electron chi connectivity index (χ2n) is 9.32. The summed E-state index contributed by atoms with van der Waals surface area (Å²) in [5, 5.41) is 14.4. The summed E-state index contributed by atoms with van der Waals surface area (Å²) in [6.45, 7) is 7.05. The summed E-state index contributed by atoms with van der Waals surface area (Å²) in [5.74, 6) is 2.28. The van der Waals surface area contributed by atoms with Gasteiger partial charge in [0.2, 0.25) is 0 Å². The first-order valence-electron chi connectivity index (χ1n) is 10.1. The Labute approximate surface area is 152 Å². The highest BCUT2D eigenvalue weighted by Gasteiger charge is 2.56. The maximum Gasteiger partial charge on any atom is 0.106 e. The van der Waals surface area contributed by atoms with Gasteiger partial charge in [0.15, 0.2) is 0 Å². The molecule has 0 aromatic carbocycles. The third-order valence-corrected chi connectivity index (χ3v) is 8.28. The number of rotatable bonds is 2. The Hall–Kier alpha value is -1.09. The number of aliphatic hydroxyl groups excluding tert-OH is 1. The molecule has 0 bridgehead atoms. The fourth-order valence-corrected chi connectivity index (χ4v) is 6.96. The van der Waals surface area contributed by atoms with E-state index in [2.05, 4.69) is 38.1 Å². The molecule has 0 amide bonds. The molecule has 0 aromatic heterocycles. The summed E-state index contributed by atoms with van der Waals surface area (Å²) in [6.07, 6.45) is 12.8. The normalized spacial score (nSPS) is 46.5. The first kappa shape index (κ1) is 17.3. The Bertz CT molecular complexity index is 648. The van der Waals surface area contributed by atoms with Crippen molar-refractivity contribution in [2.75, 3.05) is 7.11 Å². The molecule has 1 N–H and O–H groups in total. The van der Waals surface area contributed by atoms with Gasteiger partial charge in [0.05, 0.1) is 11.8 Å². The van der Waals surface area contributed by atoms with Gasteiger partial charge in [-0.3, -0.25) is 0 Å². The summed E-state index contributed by atoms with van der Waals surface area (Å²) >= 11 is 0. The standard InChI is InChI=1S/C22H33NO2/c1-14(23-25-4)18-7-8-19-17-6-5-15-13-16(24)9-11-21(15,2)20(17)10-12-22(18,19)3/h5,7,16-17,19-20,24H,6,8-13H2,1-4H3/b23-14-. The van der Waals surface area contributed by atoms with Crippen LogP contribution in [0.25, 0.3) is 0 Å². The fraction of sp³-hybridized carbons (Fsp3) is 0.773. The summed E-state index contributed by atoms with van der Waals surface area (Å²) in [5.41, 5.74) is 4.62. The molecule has 0 heterocycles. The van der Waals surface area contributed by atoms with Gasteiger partial charge in [-0.05, 0) is 86.0 Å². The first-order chi connectivity index (χ1) is 11.9. The van der Waals surface area contributed by atoms with Crippen LogP contribution in [0.3, 0.4) is 0 Å². The van der Waals surface area contributed by atoms with Gasteiger partial charge < -0.3 is 9.94 Å². The molecule has 2 fully saturated rings. The topological polar surface area (TPSA) is 41.8 Å². The molecule has 0 spiro atoms. The largest absolute Gasteiger partial charge is 0.399 e. The molecule has 2 saturated carbocycles.